The molecular weight excluding hydrogens is 172 g/mol. The highest BCUT2D eigenvalue weighted by Crippen LogP contribution is 2.44. The van der Waals surface area contributed by atoms with E-state index in [1.54, 1.807) is 12.5 Å². The van der Waals surface area contributed by atoms with Gasteiger partial charge in [0.15, 0.2) is 0 Å². The molecule has 1 heterocycles. The SMILES string of the molecule is C1=C2CC(=C1)c1cosocc12. The van der Waals surface area contributed by atoms with Crippen LogP contribution in [0.15, 0.2) is 32.4 Å². The number of fused-ring (bicyclic) bond motifs is 5. The lowest BCUT2D eigenvalue weighted by Crippen LogP contribution is -1.77. The zero-order chi connectivity index (χ0) is 7.97. The van der Waals surface area contributed by atoms with Crippen LogP contribution in [0.25, 0.3) is 11.1 Å². The van der Waals surface area contributed by atoms with Gasteiger partial charge in [-0.3, -0.25) is 0 Å². The first-order valence-corrected chi connectivity index (χ1v) is 4.42. The Labute approximate surface area is 73.6 Å². The van der Waals surface area contributed by atoms with Crippen molar-refractivity contribution < 1.29 is 7.70 Å². The van der Waals surface area contributed by atoms with E-state index in [1.807, 2.05) is 0 Å². The minimum atomic E-state index is 0.997. The quantitative estimate of drug-likeness (QED) is 0.609. The molecular formula is C9H6O2S. The third-order valence-electron chi connectivity index (χ3n) is 2.26. The highest BCUT2D eigenvalue weighted by molar-refractivity contribution is 6.93. The Hall–Kier alpha value is -1.22. The Kier molecular flexibility index (Phi) is 1.12. The summed E-state index contributed by atoms with van der Waals surface area (Å²) in [5.41, 5.74) is 5.03. The van der Waals surface area contributed by atoms with Crippen LogP contribution in [0.1, 0.15) is 17.5 Å². The van der Waals surface area contributed by atoms with Crippen LogP contribution in [0.3, 0.4) is 0 Å². The van der Waals surface area contributed by atoms with Crippen LogP contribution in [-0.2, 0) is 0 Å². The zero-order valence-electron chi connectivity index (χ0n) is 6.24. The molecule has 0 saturated heterocycles. The predicted molar refractivity (Wildman–Crippen MR) is 47.1 cm³/mol. The maximum Gasteiger partial charge on any atom is 0.241 e. The molecule has 1 aromatic heterocycles. The van der Waals surface area contributed by atoms with Crippen molar-refractivity contribution in [3.05, 3.63) is 35.8 Å². The molecule has 0 saturated carbocycles. The van der Waals surface area contributed by atoms with E-state index < -0.39 is 0 Å². The molecule has 2 aliphatic carbocycles. The molecule has 3 rings (SSSR count). The lowest BCUT2D eigenvalue weighted by Gasteiger charge is -1.94. The van der Waals surface area contributed by atoms with Crippen LogP contribution in [-0.4, -0.2) is 0 Å². The molecule has 2 bridgehead atoms. The fraction of sp³-hybridized carbons (Fsp3) is 0.111. The van der Waals surface area contributed by atoms with Gasteiger partial charge < -0.3 is 7.70 Å². The Balaban J connectivity index is 2.40. The second-order valence-electron chi connectivity index (χ2n) is 2.88. The van der Waals surface area contributed by atoms with Gasteiger partial charge in [0.1, 0.15) is 12.5 Å². The van der Waals surface area contributed by atoms with E-state index in [9.17, 15) is 0 Å². The molecule has 0 spiro atoms. The molecule has 60 valence electrons. The van der Waals surface area contributed by atoms with Crippen molar-refractivity contribution in [3.63, 3.8) is 0 Å². The van der Waals surface area contributed by atoms with Gasteiger partial charge in [-0.1, -0.05) is 12.2 Å². The van der Waals surface area contributed by atoms with Gasteiger partial charge in [-0.15, -0.1) is 0 Å². The Morgan fingerprint density at radius 1 is 1.00 bits per heavy atom. The topological polar surface area (TPSA) is 26.3 Å². The van der Waals surface area contributed by atoms with Crippen molar-refractivity contribution in [2.24, 2.45) is 0 Å². The van der Waals surface area contributed by atoms with Crippen LogP contribution < -0.4 is 0 Å². The summed E-state index contributed by atoms with van der Waals surface area (Å²) in [5.74, 6) is 0. The van der Waals surface area contributed by atoms with Gasteiger partial charge in [-0.05, 0) is 17.6 Å². The summed E-state index contributed by atoms with van der Waals surface area (Å²) in [4.78, 5) is 0. The number of hydrogen-bond donors (Lipinski definition) is 0. The van der Waals surface area contributed by atoms with Crippen molar-refractivity contribution in [2.75, 3.05) is 0 Å². The first-order valence-electron chi connectivity index (χ1n) is 3.75. The predicted octanol–water partition coefficient (Wildman–Crippen LogP) is 3.24. The van der Waals surface area contributed by atoms with Crippen molar-refractivity contribution in [1.29, 1.82) is 0 Å². The van der Waals surface area contributed by atoms with E-state index in [2.05, 4.69) is 12.2 Å². The average Bonchev–Trinajstić information content (AvgIpc) is 2.58. The van der Waals surface area contributed by atoms with Crippen molar-refractivity contribution in [1.82, 2.24) is 0 Å². The fourth-order valence-electron chi connectivity index (χ4n) is 1.68. The number of allylic oxidation sites excluding steroid dienone is 4. The minimum absolute atomic E-state index is 0.997. The van der Waals surface area contributed by atoms with Gasteiger partial charge in [0.05, 0.1) is 0 Å². The fourth-order valence-corrected chi connectivity index (χ4v) is 1.99. The molecule has 2 nitrogen and oxygen atoms in total. The number of hydrogen-bond acceptors (Lipinski definition) is 3. The van der Waals surface area contributed by atoms with Gasteiger partial charge in [-0.2, -0.15) is 0 Å². The Bertz CT molecular complexity index is 389. The molecule has 0 radical (unpaired) electrons. The molecule has 12 heavy (non-hydrogen) atoms. The standard InChI is InChI=1S/C9H6O2S/c1-2-7-3-6(1)8-4-10-12-11-5-9(7)8/h1-2,4-5H,3H2. The number of rotatable bonds is 0. The molecule has 0 N–H and O–H groups in total. The van der Waals surface area contributed by atoms with Gasteiger partial charge in [0, 0.05) is 11.1 Å². The lowest BCUT2D eigenvalue weighted by atomic mass is 10.1. The lowest BCUT2D eigenvalue weighted by molar-refractivity contribution is 0.600. The third kappa shape index (κ3) is 0.689. The molecule has 1 aromatic rings. The van der Waals surface area contributed by atoms with E-state index in [0.717, 1.165) is 18.4 Å². The largest absolute Gasteiger partial charge is 0.380 e. The van der Waals surface area contributed by atoms with E-state index in [-0.39, 0.29) is 0 Å². The van der Waals surface area contributed by atoms with Crippen LogP contribution in [0, 0.1) is 0 Å². The van der Waals surface area contributed by atoms with Gasteiger partial charge in [0.2, 0.25) is 11.9 Å². The highest BCUT2D eigenvalue weighted by Gasteiger charge is 2.24. The molecule has 0 fully saturated rings. The van der Waals surface area contributed by atoms with E-state index in [0.29, 0.717) is 0 Å². The molecule has 0 aliphatic heterocycles. The summed E-state index contributed by atoms with van der Waals surface area (Å²) in [6.07, 6.45) is 8.83. The first kappa shape index (κ1) is 6.31. The molecule has 0 unspecified atom stereocenters. The van der Waals surface area contributed by atoms with Crippen LogP contribution in [0.2, 0.25) is 0 Å². The Morgan fingerprint density at radius 3 is 2.17 bits per heavy atom. The van der Waals surface area contributed by atoms with Crippen LogP contribution in [0.4, 0.5) is 0 Å². The van der Waals surface area contributed by atoms with Crippen LogP contribution >= 0.6 is 11.9 Å². The maximum atomic E-state index is 5.07. The zero-order valence-corrected chi connectivity index (χ0v) is 7.06. The van der Waals surface area contributed by atoms with Crippen LogP contribution in [0.5, 0.6) is 0 Å². The van der Waals surface area contributed by atoms with E-state index in [1.165, 1.54) is 22.3 Å². The minimum Gasteiger partial charge on any atom is -0.380 e. The normalized spacial score (nSPS) is 17.0. The van der Waals surface area contributed by atoms with Gasteiger partial charge in [0.25, 0.3) is 0 Å². The van der Waals surface area contributed by atoms with Crippen molar-refractivity contribution in [2.45, 2.75) is 6.42 Å². The molecule has 0 atom stereocenters. The highest BCUT2D eigenvalue weighted by atomic mass is 32.1. The summed E-state index contributed by atoms with van der Waals surface area (Å²) in [5, 5.41) is 0. The smallest absolute Gasteiger partial charge is 0.241 e. The summed E-state index contributed by atoms with van der Waals surface area (Å²) >= 11 is 0.997. The Morgan fingerprint density at radius 2 is 1.58 bits per heavy atom. The van der Waals surface area contributed by atoms with Crippen molar-refractivity contribution in [3.8, 4) is 0 Å². The summed E-state index contributed by atoms with van der Waals surface area (Å²) < 4.78 is 10.1. The van der Waals surface area contributed by atoms with E-state index in [4.69, 9.17) is 7.70 Å². The third-order valence-corrected chi connectivity index (χ3v) is 2.61. The molecule has 2 aliphatic rings. The molecule has 3 heteroatoms. The van der Waals surface area contributed by atoms with Crippen molar-refractivity contribution >= 4 is 23.1 Å². The van der Waals surface area contributed by atoms with Gasteiger partial charge >= 0.3 is 0 Å². The first-order chi connectivity index (χ1) is 5.95. The summed E-state index contributed by atoms with van der Waals surface area (Å²) in [7, 11) is 0. The average molecular weight is 178 g/mol. The summed E-state index contributed by atoms with van der Waals surface area (Å²) in [6.45, 7) is 0. The summed E-state index contributed by atoms with van der Waals surface area (Å²) in [6, 6.07) is 0. The molecule has 0 aromatic carbocycles. The maximum absolute atomic E-state index is 5.07. The van der Waals surface area contributed by atoms with Gasteiger partial charge in [-0.25, -0.2) is 0 Å². The van der Waals surface area contributed by atoms with E-state index >= 15 is 0 Å². The monoisotopic (exact) mass is 178 g/mol. The second kappa shape index (κ2) is 2.14. The molecule has 0 amide bonds. The second-order valence-corrected chi connectivity index (χ2v) is 3.41.